The molecule has 0 bridgehead atoms. The van der Waals surface area contributed by atoms with Gasteiger partial charge in [0.25, 0.3) is 5.91 Å². The standard InChI is InChI=1S/C20H22N2O3/c1-20(21-18-10-3-2-9-17(18)19(23)22-20)14-6-4-7-15(12-14)25-13-16-8-5-11-24-16/h2-4,6-7,9-10,12,16,21H,5,8,11,13H2,1H3,(H,22,23). The largest absolute Gasteiger partial charge is 0.491 e. The van der Waals surface area contributed by atoms with Crippen molar-refractivity contribution in [1.82, 2.24) is 5.32 Å². The summed E-state index contributed by atoms with van der Waals surface area (Å²) in [4.78, 5) is 12.5. The van der Waals surface area contributed by atoms with Gasteiger partial charge in [0.15, 0.2) is 0 Å². The van der Waals surface area contributed by atoms with Crippen LogP contribution in [-0.2, 0) is 10.4 Å². The van der Waals surface area contributed by atoms with E-state index in [0.717, 1.165) is 36.4 Å². The molecule has 0 aromatic heterocycles. The second-order valence-electron chi connectivity index (χ2n) is 6.72. The van der Waals surface area contributed by atoms with Gasteiger partial charge in [0.05, 0.1) is 11.7 Å². The summed E-state index contributed by atoms with van der Waals surface area (Å²) in [6, 6.07) is 15.4. The number of nitrogens with one attached hydrogen (secondary N) is 2. The Morgan fingerprint density at radius 3 is 2.92 bits per heavy atom. The molecule has 1 amide bonds. The van der Waals surface area contributed by atoms with Gasteiger partial charge >= 0.3 is 0 Å². The molecule has 2 aromatic rings. The van der Waals surface area contributed by atoms with Gasteiger partial charge in [-0.15, -0.1) is 0 Å². The molecule has 2 aromatic carbocycles. The van der Waals surface area contributed by atoms with Crippen LogP contribution in [0, 0.1) is 0 Å². The monoisotopic (exact) mass is 338 g/mol. The van der Waals surface area contributed by atoms with Crippen LogP contribution in [0.25, 0.3) is 0 Å². The number of carbonyl (C=O) groups excluding carboxylic acids is 1. The van der Waals surface area contributed by atoms with Gasteiger partial charge in [-0.25, -0.2) is 0 Å². The number of carbonyl (C=O) groups is 1. The molecule has 2 heterocycles. The van der Waals surface area contributed by atoms with Gasteiger partial charge in [0.1, 0.15) is 18.0 Å². The highest BCUT2D eigenvalue weighted by atomic mass is 16.5. The van der Waals surface area contributed by atoms with E-state index in [4.69, 9.17) is 9.47 Å². The van der Waals surface area contributed by atoms with E-state index in [2.05, 4.69) is 10.6 Å². The molecule has 2 unspecified atom stereocenters. The van der Waals surface area contributed by atoms with Gasteiger partial charge in [0.2, 0.25) is 0 Å². The minimum absolute atomic E-state index is 0.0810. The third kappa shape index (κ3) is 3.20. The first kappa shape index (κ1) is 16.0. The van der Waals surface area contributed by atoms with E-state index in [1.54, 1.807) is 0 Å². The van der Waals surface area contributed by atoms with Crippen molar-refractivity contribution in [3.05, 3.63) is 59.7 Å². The van der Waals surface area contributed by atoms with Crippen molar-refractivity contribution in [1.29, 1.82) is 0 Å². The summed E-state index contributed by atoms with van der Waals surface area (Å²) < 4.78 is 11.5. The van der Waals surface area contributed by atoms with Gasteiger partial charge in [0, 0.05) is 17.9 Å². The van der Waals surface area contributed by atoms with Crippen LogP contribution in [0.4, 0.5) is 5.69 Å². The van der Waals surface area contributed by atoms with Gasteiger partial charge in [-0.05, 0) is 44.0 Å². The number of amides is 1. The fourth-order valence-electron chi connectivity index (χ4n) is 3.39. The highest BCUT2D eigenvalue weighted by Gasteiger charge is 2.34. The van der Waals surface area contributed by atoms with Gasteiger partial charge in [-0.3, -0.25) is 4.79 Å². The normalized spacial score (nSPS) is 25.0. The molecule has 130 valence electrons. The molecular formula is C20H22N2O3. The summed E-state index contributed by atoms with van der Waals surface area (Å²) in [5, 5.41) is 6.49. The van der Waals surface area contributed by atoms with E-state index < -0.39 is 5.66 Å². The van der Waals surface area contributed by atoms with Crippen molar-refractivity contribution in [2.24, 2.45) is 0 Å². The van der Waals surface area contributed by atoms with Crippen LogP contribution in [0.1, 0.15) is 35.7 Å². The maximum absolute atomic E-state index is 12.5. The number of hydrogen-bond acceptors (Lipinski definition) is 4. The fraction of sp³-hybridized carbons (Fsp3) is 0.350. The molecule has 0 radical (unpaired) electrons. The lowest BCUT2D eigenvalue weighted by Gasteiger charge is -2.38. The zero-order valence-electron chi connectivity index (χ0n) is 14.2. The van der Waals surface area contributed by atoms with Gasteiger partial charge in [-0.2, -0.15) is 0 Å². The van der Waals surface area contributed by atoms with Crippen LogP contribution < -0.4 is 15.4 Å². The van der Waals surface area contributed by atoms with E-state index in [1.165, 1.54) is 0 Å². The Bertz CT molecular complexity index is 786. The highest BCUT2D eigenvalue weighted by Crippen LogP contribution is 2.32. The molecule has 2 aliphatic heterocycles. The predicted octanol–water partition coefficient (Wildman–Crippen LogP) is 3.27. The van der Waals surface area contributed by atoms with Crippen LogP contribution in [0.5, 0.6) is 5.75 Å². The Morgan fingerprint density at radius 1 is 1.20 bits per heavy atom. The minimum Gasteiger partial charge on any atom is -0.491 e. The molecule has 1 fully saturated rings. The van der Waals surface area contributed by atoms with Crippen molar-refractivity contribution in [3.8, 4) is 5.75 Å². The van der Waals surface area contributed by atoms with E-state index in [9.17, 15) is 4.79 Å². The number of fused-ring (bicyclic) bond motifs is 1. The molecular weight excluding hydrogens is 316 g/mol. The van der Waals surface area contributed by atoms with Gasteiger partial charge < -0.3 is 20.1 Å². The average Bonchev–Trinajstić information content (AvgIpc) is 3.14. The molecule has 5 nitrogen and oxygen atoms in total. The maximum atomic E-state index is 12.5. The number of ether oxygens (including phenoxy) is 2. The minimum atomic E-state index is -0.686. The van der Waals surface area contributed by atoms with Crippen molar-refractivity contribution >= 4 is 11.6 Å². The number of hydrogen-bond donors (Lipinski definition) is 2. The molecule has 2 aliphatic rings. The molecule has 1 saturated heterocycles. The highest BCUT2D eigenvalue weighted by molar-refractivity contribution is 6.02. The van der Waals surface area contributed by atoms with Gasteiger partial charge in [-0.1, -0.05) is 24.3 Å². The van der Waals surface area contributed by atoms with Crippen molar-refractivity contribution in [2.75, 3.05) is 18.5 Å². The fourth-order valence-corrected chi connectivity index (χ4v) is 3.39. The van der Waals surface area contributed by atoms with Crippen LogP contribution >= 0.6 is 0 Å². The lowest BCUT2D eigenvalue weighted by molar-refractivity contribution is 0.0679. The third-order valence-corrected chi connectivity index (χ3v) is 4.79. The Hall–Kier alpha value is -2.53. The van der Waals surface area contributed by atoms with Crippen LogP contribution in [0.2, 0.25) is 0 Å². The summed E-state index contributed by atoms with van der Waals surface area (Å²) in [6.45, 7) is 3.34. The second-order valence-corrected chi connectivity index (χ2v) is 6.72. The lowest BCUT2D eigenvalue weighted by Crippen LogP contribution is -2.52. The van der Waals surface area contributed by atoms with E-state index in [1.807, 2.05) is 55.5 Å². The van der Waals surface area contributed by atoms with Crippen LogP contribution in [0.15, 0.2) is 48.5 Å². The summed E-state index contributed by atoms with van der Waals surface area (Å²) in [5.41, 5.74) is 1.75. The van der Waals surface area contributed by atoms with Crippen molar-refractivity contribution in [2.45, 2.75) is 31.5 Å². The van der Waals surface area contributed by atoms with Crippen molar-refractivity contribution in [3.63, 3.8) is 0 Å². The number of para-hydroxylation sites is 1. The first-order chi connectivity index (χ1) is 12.1. The summed E-state index contributed by atoms with van der Waals surface area (Å²) >= 11 is 0. The average molecular weight is 338 g/mol. The molecule has 4 rings (SSSR count). The topological polar surface area (TPSA) is 59.6 Å². The number of benzene rings is 2. The van der Waals surface area contributed by atoms with Crippen LogP contribution in [0.3, 0.4) is 0 Å². The van der Waals surface area contributed by atoms with E-state index in [0.29, 0.717) is 12.2 Å². The zero-order valence-corrected chi connectivity index (χ0v) is 14.2. The summed E-state index contributed by atoms with van der Waals surface area (Å²) in [6.07, 6.45) is 2.33. The smallest absolute Gasteiger partial charge is 0.255 e. The predicted molar refractivity (Wildman–Crippen MR) is 95.8 cm³/mol. The second kappa shape index (κ2) is 6.41. The molecule has 0 saturated carbocycles. The Kier molecular flexibility index (Phi) is 4.09. The first-order valence-corrected chi connectivity index (χ1v) is 8.69. The summed E-state index contributed by atoms with van der Waals surface area (Å²) in [5.74, 6) is 0.701. The molecule has 2 atom stereocenters. The van der Waals surface area contributed by atoms with Crippen molar-refractivity contribution < 1.29 is 14.3 Å². The molecule has 0 spiro atoms. The molecule has 0 aliphatic carbocycles. The molecule has 25 heavy (non-hydrogen) atoms. The zero-order chi connectivity index (χ0) is 17.3. The van der Waals surface area contributed by atoms with Crippen LogP contribution in [-0.4, -0.2) is 25.2 Å². The number of anilines is 1. The van der Waals surface area contributed by atoms with E-state index in [-0.39, 0.29) is 12.0 Å². The first-order valence-electron chi connectivity index (χ1n) is 8.69. The quantitative estimate of drug-likeness (QED) is 0.898. The Morgan fingerprint density at radius 2 is 2.08 bits per heavy atom. The Balaban J connectivity index is 1.55. The molecule has 2 N–H and O–H groups in total. The Labute approximate surface area is 147 Å². The third-order valence-electron chi connectivity index (χ3n) is 4.79. The molecule has 5 heteroatoms. The lowest BCUT2D eigenvalue weighted by atomic mass is 9.96. The maximum Gasteiger partial charge on any atom is 0.255 e. The summed E-state index contributed by atoms with van der Waals surface area (Å²) in [7, 11) is 0. The van der Waals surface area contributed by atoms with E-state index >= 15 is 0 Å². The SMILES string of the molecule is CC1(c2cccc(OCC3CCCO3)c2)NC(=O)c2ccccc2N1. The number of rotatable bonds is 4.